The van der Waals surface area contributed by atoms with Gasteiger partial charge in [0.1, 0.15) is 11.5 Å². The molecule has 0 saturated carbocycles. The summed E-state index contributed by atoms with van der Waals surface area (Å²) in [7, 11) is 2.93. The van der Waals surface area contributed by atoms with E-state index in [4.69, 9.17) is 19.5 Å². The Bertz CT molecular complexity index is 807. The Morgan fingerprint density at radius 3 is 2.54 bits per heavy atom. The van der Waals surface area contributed by atoms with E-state index in [0.29, 0.717) is 17.1 Å². The fourth-order valence-electron chi connectivity index (χ4n) is 2.04. The van der Waals surface area contributed by atoms with Crippen molar-refractivity contribution in [3.8, 4) is 17.6 Å². The van der Waals surface area contributed by atoms with Crippen LogP contribution in [0.5, 0.6) is 11.5 Å². The number of ether oxygens (including phenoxy) is 3. The number of esters is 1. The summed E-state index contributed by atoms with van der Waals surface area (Å²) in [5.41, 5.74) is 0.806. The number of carbonyl (C=O) groups excluding carboxylic acids is 2. The normalized spacial score (nSPS) is 9.71. The Morgan fingerprint density at radius 1 is 1.08 bits per heavy atom. The summed E-state index contributed by atoms with van der Waals surface area (Å²) in [5, 5.41) is 8.84. The predicted octanol–water partition coefficient (Wildman–Crippen LogP) is 2.62. The van der Waals surface area contributed by atoms with Gasteiger partial charge in [-0.15, -0.1) is 0 Å². The van der Waals surface area contributed by atoms with Gasteiger partial charge < -0.3 is 14.2 Å². The van der Waals surface area contributed by atoms with Crippen LogP contribution >= 0.6 is 0 Å². The second-order valence-corrected chi connectivity index (χ2v) is 4.76. The van der Waals surface area contributed by atoms with Crippen LogP contribution in [0.1, 0.15) is 26.3 Å². The van der Waals surface area contributed by atoms with Crippen molar-refractivity contribution >= 4 is 11.8 Å². The van der Waals surface area contributed by atoms with Crippen LogP contribution in [0.15, 0.2) is 42.5 Å². The van der Waals surface area contributed by atoms with Gasteiger partial charge in [-0.05, 0) is 36.4 Å². The predicted molar refractivity (Wildman–Crippen MR) is 85.3 cm³/mol. The van der Waals surface area contributed by atoms with Crippen molar-refractivity contribution in [3.05, 3.63) is 59.2 Å². The number of hydrogen-bond acceptors (Lipinski definition) is 6. The summed E-state index contributed by atoms with van der Waals surface area (Å²) in [5.74, 6) is -0.242. The lowest BCUT2D eigenvalue weighted by atomic mass is 10.1. The standard InChI is InChI=1S/C18H15NO5/c1-22-14-6-7-17(23-2)15(9-14)16(20)11-24-18(21)13-5-3-4-12(8-13)10-19/h3-9H,11H2,1-2H3. The van der Waals surface area contributed by atoms with Crippen LogP contribution in [0.2, 0.25) is 0 Å². The number of nitrogens with zero attached hydrogens (tertiary/aromatic N) is 1. The molecule has 0 aromatic heterocycles. The molecule has 2 aromatic carbocycles. The summed E-state index contributed by atoms with van der Waals surface area (Å²) < 4.78 is 15.2. The van der Waals surface area contributed by atoms with Gasteiger partial charge in [-0.2, -0.15) is 5.26 Å². The van der Waals surface area contributed by atoms with Gasteiger partial charge in [0, 0.05) is 0 Å². The third kappa shape index (κ3) is 3.90. The van der Waals surface area contributed by atoms with Crippen molar-refractivity contribution in [2.24, 2.45) is 0 Å². The van der Waals surface area contributed by atoms with Gasteiger partial charge in [0.05, 0.1) is 37.0 Å². The molecule has 122 valence electrons. The number of ketones is 1. The van der Waals surface area contributed by atoms with E-state index in [-0.39, 0.29) is 11.1 Å². The Hall–Kier alpha value is -3.33. The SMILES string of the molecule is COc1ccc(OC)c(C(=O)COC(=O)c2cccc(C#N)c2)c1. The van der Waals surface area contributed by atoms with Crippen LogP contribution in [0.3, 0.4) is 0 Å². The molecule has 0 aliphatic heterocycles. The fraction of sp³-hybridized carbons (Fsp3) is 0.167. The lowest BCUT2D eigenvalue weighted by Gasteiger charge is -2.10. The van der Waals surface area contributed by atoms with Gasteiger partial charge in [-0.25, -0.2) is 4.79 Å². The van der Waals surface area contributed by atoms with Crippen LogP contribution in [0.4, 0.5) is 0 Å². The molecule has 0 unspecified atom stereocenters. The van der Waals surface area contributed by atoms with Gasteiger partial charge in [0.2, 0.25) is 5.78 Å². The van der Waals surface area contributed by atoms with Crippen LogP contribution in [-0.2, 0) is 4.74 Å². The number of benzene rings is 2. The van der Waals surface area contributed by atoms with Crippen molar-refractivity contribution in [2.45, 2.75) is 0 Å². The number of Topliss-reactive ketones (excluding diaryl/α,β-unsaturated/α-hetero) is 1. The van der Waals surface area contributed by atoms with Gasteiger partial charge in [-0.1, -0.05) is 6.07 Å². The average molecular weight is 325 g/mol. The molecule has 6 heteroatoms. The van der Waals surface area contributed by atoms with Crippen molar-refractivity contribution in [3.63, 3.8) is 0 Å². The Balaban J connectivity index is 2.10. The highest BCUT2D eigenvalue weighted by molar-refractivity contribution is 6.01. The highest BCUT2D eigenvalue weighted by Gasteiger charge is 2.16. The molecule has 0 fully saturated rings. The first-order chi connectivity index (χ1) is 11.6. The zero-order valence-electron chi connectivity index (χ0n) is 13.2. The summed E-state index contributed by atoms with van der Waals surface area (Å²) >= 11 is 0. The molecule has 0 spiro atoms. The molecule has 0 radical (unpaired) electrons. The number of methoxy groups -OCH3 is 2. The van der Waals surface area contributed by atoms with Gasteiger partial charge in [0.25, 0.3) is 0 Å². The maximum absolute atomic E-state index is 12.3. The highest BCUT2D eigenvalue weighted by atomic mass is 16.5. The van der Waals surface area contributed by atoms with Crippen molar-refractivity contribution < 1.29 is 23.8 Å². The average Bonchev–Trinajstić information content (AvgIpc) is 2.65. The zero-order chi connectivity index (χ0) is 17.5. The molecule has 0 N–H and O–H groups in total. The van der Waals surface area contributed by atoms with Crippen molar-refractivity contribution in [2.75, 3.05) is 20.8 Å². The van der Waals surface area contributed by atoms with E-state index in [1.54, 1.807) is 24.3 Å². The molecule has 2 rings (SSSR count). The topological polar surface area (TPSA) is 85.6 Å². The van der Waals surface area contributed by atoms with E-state index in [1.165, 1.54) is 32.4 Å². The summed E-state index contributed by atoms with van der Waals surface area (Å²) in [6, 6.07) is 12.8. The molecule has 2 aromatic rings. The van der Waals surface area contributed by atoms with Crippen LogP contribution in [-0.4, -0.2) is 32.6 Å². The monoisotopic (exact) mass is 325 g/mol. The second-order valence-electron chi connectivity index (χ2n) is 4.76. The van der Waals surface area contributed by atoms with Crippen LogP contribution in [0.25, 0.3) is 0 Å². The molecule has 0 amide bonds. The largest absolute Gasteiger partial charge is 0.497 e. The van der Waals surface area contributed by atoms with E-state index in [1.807, 2.05) is 6.07 Å². The maximum atomic E-state index is 12.3. The molecular weight excluding hydrogens is 310 g/mol. The van der Waals surface area contributed by atoms with E-state index in [9.17, 15) is 9.59 Å². The van der Waals surface area contributed by atoms with E-state index in [0.717, 1.165) is 0 Å². The minimum absolute atomic E-state index is 0.208. The Labute approximate surface area is 139 Å². The minimum Gasteiger partial charge on any atom is -0.497 e. The third-order valence-electron chi connectivity index (χ3n) is 3.27. The van der Waals surface area contributed by atoms with Gasteiger partial charge in [0.15, 0.2) is 6.61 Å². The Morgan fingerprint density at radius 2 is 1.88 bits per heavy atom. The van der Waals surface area contributed by atoms with E-state index >= 15 is 0 Å². The van der Waals surface area contributed by atoms with E-state index < -0.39 is 18.4 Å². The lowest BCUT2D eigenvalue weighted by molar-refractivity contribution is 0.0474. The molecule has 0 heterocycles. The first-order valence-corrected chi connectivity index (χ1v) is 7.01. The lowest BCUT2D eigenvalue weighted by Crippen LogP contribution is -2.15. The maximum Gasteiger partial charge on any atom is 0.338 e. The second kappa shape index (κ2) is 7.79. The van der Waals surface area contributed by atoms with Crippen molar-refractivity contribution in [1.82, 2.24) is 0 Å². The first kappa shape index (κ1) is 17.0. The molecule has 0 saturated heterocycles. The quantitative estimate of drug-likeness (QED) is 0.599. The van der Waals surface area contributed by atoms with E-state index in [2.05, 4.69) is 0 Å². The number of nitriles is 1. The number of hydrogen-bond donors (Lipinski definition) is 0. The van der Waals surface area contributed by atoms with Crippen LogP contribution in [0, 0.1) is 11.3 Å². The summed E-state index contributed by atoms with van der Waals surface area (Å²) in [6.45, 7) is -0.445. The first-order valence-electron chi connectivity index (χ1n) is 7.01. The highest BCUT2D eigenvalue weighted by Crippen LogP contribution is 2.24. The molecule has 0 atom stereocenters. The van der Waals surface area contributed by atoms with Crippen LogP contribution < -0.4 is 9.47 Å². The third-order valence-corrected chi connectivity index (χ3v) is 3.27. The fourth-order valence-corrected chi connectivity index (χ4v) is 2.04. The number of carbonyl (C=O) groups is 2. The molecular formula is C18H15NO5. The number of rotatable bonds is 6. The molecule has 24 heavy (non-hydrogen) atoms. The molecule has 0 aliphatic rings. The smallest absolute Gasteiger partial charge is 0.338 e. The minimum atomic E-state index is -0.678. The molecule has 0 bridgehead atoms. The summed E-state index contributed by atoms with van der Waals surface area (Å²) in [6.07, 6.45) is 0. The van der Waals surface area contributed by atoms with Crippen molar-refractivity contribution in [1.29, 1.82) is 5.26 Å². The summed E-state index contributed by atoms with van der Waals surface area (Å²) in [4.78, 5) is 24.3. The molecule has 0 aliphatic carbocycles. The molecule has 6 nitrogen and oxygen atoms in total. The van der Waals surface area contributed by atoms with Gasteiger partial charge in [-0.3, -0.25) is 4.79 Å². The zero-order valence-corrected chi connectivity index (χ0v) is 13.2. The Kier molecular flexibility index (Phi) is 5.53. The van der Waals surface area contributed by atoms with Gasteiger partial charge >= 0.3 is 5.97 Å².